The first-order valence-electron chi connectivity index (χ1n) is 6.95. The Morgan fingerprint density at radius 2 is 2.14 bits per heavy atom. The summed E-state index contributed by atoms with van der Waals surface area (Å²) in [7, 11) is 0. The molecule has 2 rings (SSSR count). The number of hydrogen-bond donors (Lipinski definition) is 1. The molecule has 1 N–H and O–H groups in total. The van der Waals surface area contributed by atoms with Gasteiger partial charge in [0.1, 0.15) is 6.33 Å². The maximum Gasteiger partial charge on any atom is 0.225 e. The van der Waals surface area contributed by atoms with E-state index in [2.05, 4.69) is 29.4 Å². The van der Waals surface area contributed by atoms with Crippen LogP contribution in [0.25, 0.3) is 0 Å². The molecule has 5 nitrogen and oxygen atoms in total. The van der Waals surface area contributed by atoms with Gasteiger partial charge in [-0.2, -0.15) is 0 Å². The van der Waals surface area contributed by atoms with Crippen molar-refractivity contribution in [2.75, 3.05) is 11.1 Å². The topological polar surface area (TPSA) is 59.8 Å². The molecule has 0 saturated carbocycles. The van der Waals surface area contributed by atoms with E-state index >= 15 is 0 Å². The van der Waals surface area contributed by atoms with Gasteiger partial charge in [0.2, 0.25) is 5.91 Å². The monoisotopic (exact) mass is 304 g/mol. The summed E-state index contributed by atoms with van der Waals surface area (Å²) >= 11 is 1.55. The lowest BCUT2D eigenvalue weighted by Crippen LogP contribution is -2.13. The average Bonchev–Trinajstić information content (AvgIpc) is 2.90. The van der Waals surface area contributed by atoms with E-state index in [-0.39, 0.29) is 5.91 Å². The minimum absolute atomic E-state index is 0.0208. The smallest absolute Gasteiger partial charge is 0.225 e. The van der Waals surface area contributed by atoms with Crippen molar-refractivity contribution in [2.24, 2.45) is 0 Å². The van der Waals surface area contributed by atoms with Gasteiger partial charge in [-0.3, -0.25) is 4.79 Å². The van der Waals surface area contributed by atoms with Gasteiger partial charge in [0.05, 0.1) is 0 Å². The van der Waals surface area contributed by atoms with Gasteiger partial charge < -0.3 is 9.88 Å². The molecular formula is C15H20N4OS. The summed E-state index contributed by atoms with van der Waals surface area (Å²) in [4.78, 5) is 11.9. The van der Waals surface area contributed by atoms with Crippen molar-refractivity contribution < 1.29 is 4.79 Å². The van der Waals surface area contributed by atoms with Gasteiger partial charge in [-0.05, 0) is 32.4 Å². The SMILES string of the molecule is Cc1ccccc1NC(=O)CCSc1nncn1C(C)C. The van der Waals surface area contributed by atoms with E-state index in [1.165, 1.54) is 0 Å². The third kappa shape index (κ3) is 4.32. The van der Waals surface area contributed by atoms with E-state index in [9.17, 15) is 4.79 Å². The number of hydrogen-bond acceptors (Lipinski definition) is 4. The number of thioether (sulfide) groups is 1. The Bertz CT molecular complexity index is 609. The molecule has 0 atom stereocenters. The second-order valence-electron chi connectivity index (χ2n) is 5.08. The molecule has 1 aromatic carbocycles. The number of para-hydroxylation sites is 1. The van der Waals surface area contributed by atoms with Crippen LogP contribution in [0, 0.1) is 6.92 Å². The predicted molar refractivity (Wildman–Crippen MR) is 85.6 cm³/mol. The highest BCUT2D eigenvalue weighted by Gasteiger charge is 2.09. The molecule has 6 heteroatoms. The van der Waals surface area contributed by atoms with E-state index in [1.54, 1.807) is 18.1 Å². The summed E-state index contributed by atoms with van der Waals surface area (Å²) in [5.41, 5.74) is 1.94. The van der Waals surface area contributed by atoms with Crippen molar-refractivity contribution in [3.63, 3.8) is 0 Å². The summed E-state index contributed by atoms with van der Waals surface area (Å²) in [6.07, 6.45) is 2.17. The third-order valence-electron chi connectivity index (χ3n) is 3.08. The van der Waals surface area contributed by atoms with Crippen molar-refractivity contribution in [3.8, 4) is 0 Å². The highest BCUT2D eigenvalue weighted by Crippen LogP contribution is 2.20. The highest BCUT2D eigenvalue weighted by molar-refractivity contribution is 7.99. The zero-order valence-electron chi connectivity index (χ0n) is 12.5. The molecule has 0 saturated heterocycles. The van der Waals surface area contributed by atoms with Crippen molar-refractivity contribution in [1.82, 2.24) is 14.8 Å². The minimum Gasteiger partial charge on any atom is -0.326 e. The van der Waals surface area contributed by atoms with Gasteiger partial charge in [0.25, 0.3) is 0 Å². The zero-order chi connectivity index (χ0) is 15.2. The number of nitrogens with zero attached hydrogens (tertiary/aromatic N) is 3. The van der Waals surface area contributed by atoms with Gasteiger partial charge in [-0.25, -0.2) is 0 Å². The minimum atomic E-state index is 0.0208. The third-order valence-corrected chi connectivity index (χ3v) is 4.03. The summed E-state index contributed by atoms with van der Waals surface area (Å²) < 4.78 is 2.00. The molecule has 0 aliphatic heterocycles. The Labute approximate surface area is 129 Å². The van der Waals surface area contributed by atoms with Crippen LogP contribution in [0.5, 0.6) is 0 Å². The van der Waals surface area contributed by atoms with Crippen LogP contribution in [0.3, 0.4) is 0 Å². The first kappa shape index (κ1) is 15.6. The van der Waals surface area contributed by atoms with Crippen molar-refractivity contribution in [1.29, 1.82) is 0 Å². The highest BCUT2D eigenvalue weighted by atomic mass is 32.2. The maximum absolute atomic E-state index is 11.9. The lowest BCUT2D eigenvalue weighted by molar-refractivity contribution is -0.115. The van der Waals surface area contributed by atoms with Gasteiger partial charge >= 0.3 is 0 Å². The Kier molecular flexibility index (Phi) is 5.38. The number of carbonyl (C=O) groups is 1. The van der Waals surface area contributed by atoms with Crippen LogP contribution in [0.1, 0.15) is 31.9 Å². The average molecular weight is 304 g/mol. The van der Waals surface area contributed by atoms with Crippen molar-refractivity contribution in [2.45, 2.75) is 38.4 Å². The number of rotatable bonds is 6. The van der Waals surface area contributed by atoms with Crippen molar-refractivity contribution >= 4 is 23.4 Å². The molecular weight excluding hydrogens is 284 g/mol. The summed E-state index contributed by atoms with van der Waals surface area (Å²) in [5, 5.41) is 11.8. The fourth-order valence-corrected chi connectivity index (χ4v) is 2.83. The lowest BCUT2D eigenvalue weighted by Gasteiger charge is -2.10. The number of aryl methyl sites for hydroxylation is 1. The van der Waals surface area contributed by atoms with E-state index < -0.39 is 0 Å². The number of amides is 1. The molecule has 1 aromatic heterocycles. The fraction of sp³-hybridized carbons (Fsp3) is 0.400. The van der Waals surface area contributed by atoms with Gasteiger partial charge in [-0.15, -0.1) is 10.2 Å². The molecule has 21 heavy (non-hydrogen) atoms. The van der Waals surface area contributed by atoms with Gasteiger partial charge in [0.15, 0.2) is 5.16 Å². The molecule has 0 unspecified atom stereocenters. The number of anilines is 1. The molecule has 0 spiro atoms. The molecule has 0 aliphatic carbocycles. The maximum atomic E-state index is 11.9. The van der Waals surface area contributed by atoms with Crippen LogP contribution in [-0.4, -0.2) is 26.4 Å². The van der Waals surface area contributed by atoms with Crippen LogP contribution in [-0.2, 0) is 4.79 Å². The second-order valence-corrected chi connectivity index (χ2v) is 6.14. The van der Waals surface area contributed by atoms with E-state index in [0.717, 1.165) is 16.4 Å². The summed E-state index contributed by atoms with van der Waals surface area (Å²) in [6.45, 7) is 6.14. The number of benzene rings is 1. The number of nitrogens with one attached hydrogen (secondary N) is 1. The Morgan fingerprint density at radius 3 is 2.86 bits per heavy atom. The Hall–Kier alpha value is -1.82. The van der Waals surface area contributed by atoms with Gasteiger partial charge in [0, 0.05) is 23.9 Å². The number of carbonyl (C=O) groups excluding carboxylic acids is 1. The Balaban J connectivity index is 1.82. The summed E-state index contributed by atoms with van der Waals surface area (Å²) in [6, 6.07) is 8.09. The van der Waals surface area contributed by atoms with Crippen LogP contribution in [0.2, 0.25) is 0 Å². The largest absolute Gasteiger partial charge is 0.326 e. The first-order valence-corrected chi connectivity index (χ1v) is 7.94. The molecule has 0 radical (unpaired) electrons. The fourth-order valence-electron chi connectivity index (χ4n) is 1.85. The van der Waals surface area contributed by atoms with Crippen LogP contribution < -0.4 is 5.32 Å². The standard InChI is InChI=1S/C15H20N4OS/c1-11(2)19-10-16-18-15(19)21-9-8-14(20)17-13-7-5-4-6-12(13)3/h4-7,10-11H,8-9H2,1-3H3,(H,17,20). The molecule has 2 aromatic rings. The Morgan fingerprint density at radius 1 is 1.38 bits per heavy atom. The number of aromatic nitrogens is 3. The molecule has 0 bridgehead atoms. The first-order chi connectivity index (χ1) is 10.1. The zero-order valence-corrected chi connectivity index (χ0v) is 13.4. The van der Waals surface area contributed by atoms with Crippen LogP contribution in [0.15, 0.2) is 35.7 Å². The predicted octanol–water partition coefficient (Wildman–Crippen LogP) is 3.29. The van der Waals surface area contributed by atoms with E-state index in [1.807, 2.05) is 35.8 Å². The normalized spacial score (nSPS) is 10.9. The van der Waals surface area contributed by atoms with Crippen LogP contribution in [0.4, 0.5) is 5.69 Å². The molecule has 1 heterocycles. The molecule has 112 valence electrons. The van der Waals surface area contributed by atoms with Crippen molar-refractivity contribution in [3.05, 3.63) is 36.2 Å². The lowest BCUT2D eigenvalue weighted by atomic mass is 10.2. The molecule has 1 amide bonds. The van der Waals surface area contributed by atoms with E-state index in [4.69, 9.17) is 0 Å². The quantitative estimate of drug-likeness (QED) is 0.832. The summed E-state index contributed by atoms with van der Waals surface area (Å²) in [5.74, 6) is 0.704. The van der Waals surface area contributed by atoms with Crippen LogP contribution >= 0.6 is 11.8 Å². The second kappa shape index (κ2) is 7.26. The molecule has 0 fully saturated rings. The van der Waals surface area contributed by atoms with E-state index in [0.29, 0.717) is 18.2 Å². The van der Waals surface area contributed by atoms with Gasteiger partial charge in [-0.1, -0.05) is 30.0 Å². The molecule has 0 aliphatic rings.